The van der Waals surface area contributed by atoms with E-state index in [2.05, 4.69) is 60.2 Å². The lowest BCUT2D eigenvalue weighted by atomic mass is 10.1. The first kappa shape index (κ1) is 24.3. The van der Waals surface area contributed by atoms with E-state index in [-0.39, 0.29) is 5.91 Å². The van der Waals surface area contributed by atoms with Crippen LogP contribution in [-0.2, 0) is 11.2 Å². The van der Waals surface area contributed by atoms with Crippen molar-refractivity contribution >= 4 is 17.2 Å². The second-order valence-corrected chi connectivity index (χ2v) is 9.72. The van der Waals surface area contributed by atoms with Crippen molar-refractivity contribution in [1.82, 2.24) is 15.2 Å². The third kappa shape index (κ3) is 7.95. The molecule has 0 bridgehead atoms. The number of thiazole rings is 1. The third-order valence-corrected chi connectivity index (χ3v) is 6.47. The monoisotopic (exact) mass is 457 g/mol. The summed E-state index contributed by atoms with van der Waals surface area (Å²) in [6.07, 6.45) is 8.61. The number of hydrogen-bond donors (Lipinski definition) is 1. The highest BCUT2D eigenvalue weighted by molar-refractivity contribution is 7.15. The number of aryl methyl sites for hydroxylation is 1. The van der Waals surface area contributed by atoms with Gasteiger partial charge in [0.1, 0.15) is 23.6 Å². The zero-order valence-electron chi connectivity index (χ0n) is 19.4. The normalized spacial score (nSPS) is 16.3. The molecule has 1 aromatic carbocycles. The van der Waals surface area contributed by atoms with Gasteiger partial charge in [0.25, 0.3) is 11.1 Å². The van der Waals surface area contributed by atoms with Crippen molar-refractivity contribution in [3.8, 4) is 5.19 Å². The van der Waals surface area contributed by atoms with Crippen LogP contribution in [0.3, 0.4) is 0 Å². The maximum absolute atomic E-state index is 12.3. The van der Waals surface area contributed by atoms with E-state index in [1.165, 1.54) is 23.3 Å². The number of nitrogens with zero attached hydrogens (tertiary/aromatic N) is 2. The lowest BCUT2D eigenvalue weighted by molar-refractivity contribution is 0.0956. The van der Waals surface area contributed by atoms with Crippen LogP contribution in [0.2, 0.25) is 0 Å². The minimum Gasteiger partial charge on any atom is -0.478 e. The maximum atomic E-state index is 12.3. The maximum Gasteiger partial charge on any atom is 0.278 e. The Kier molecular flexibility index (Phi) is 9.56. The van der Waals surface area contributed by atoms with Gasteiger partial charge in [0.2, 0.25) is 0 Å². The average Bonchev–Trinajstić information content (AvgIpc) is 3.46. The van der Waals surface area contributed by atoms with Gasteiger partial charge in [-0.15, -0.1) is 0 Å². The van der Waals surface area contributed by atoms with E-state index in [1.54, 1.807) is 12.5 Å². The highest BCUT2D eigenvalue weighted by Gasteiger charge is 2.23. The standard InChI is InChI=1S/C25H35N3O3S/c1-19(2)9-7-8-14-26-24(29)23-15-27-25(32-23)30-17-22-16-28(18-31-22)20(3)12-13-21-10-5-4-6-11-21/h4-6,10-11,15,17,19-20H,7-9,12-14,16,18H2,1-3H3,(H,26,29). The van der Waals surface area contributed by atoms with Crippen LogP contribution < -0.4 is 10.1 Å². The largest absolute Gasteiger partial charge is 0.478 e. The molecule has 2 heterocycles. The van der Waals surface area contributed by atoms with Gasteiger partial charge < -0.3 is 14.8 Å². The minimum absolute atomic E-state index is 0.0925. The summed E-state index contributed by atoms with van der Waals surface area (Å²) in [6.45, 7) is 8.63. The van der Waals surface area contributed by atoms with Gasteiger partial charge in [0.05, 0.1) is 12.7 Å². The van der Waals surface area contributed by atoms with Crippen molar-refractivity contribution in [2.24, 2.45) is 5.92 Å². The molecule has 1 amide bonds. The van der Waals surface area contributed by atoms with E-state index >= 15 is 0 Å². The molecule has 0 radical (unpaired) electrons. The quantitative estimate of drug-likeness (QED) is 0.349. The Bertz CT molecular complexity index is 866. The highest BCUT2D eigenvalue weighted by atomic mass is 32.1. The number of amides is 1. The van der Waals surface area contributed by atoms with Crippen LogP contribution in [0, 0.1) is 5.92 Å². The van der Waals surface area contributed by atoms with Gasteiger partial charge in [0.15, 0.2) is 0 Å². The first-order chi connectivity index (χ1) is 15.5. The SMILES string of the molecule is CC(C)CCCCNC(=O)c1cnc(OC=C2CN(C(C)CCc3ccccc3)CO2)s1. The van der Waals surface area contributed by atoms with Gasteiger partial charge >= 0.3 is 0 Å². The number of aromatic nitrogens is 1. The lowest BCUT2D eigenvalue weighted by Gasteiger charge is -2.21. The predicted octanol–water partition coefficient (Wildman–Crippen LogP) is 5.23. The van der Waals surface area contributed by atoms with Crippen LogP contribution in [0.4, 0.5) is 0 Å². The van der Waals surface area contributed by atoms with E-state index < -0.39 is 0 Å². The molecule has 174 valence electrons. The van der Waals surface area contributed by atoms with E-state index in [0.717, 1.165) is 31.4 Å². The summed E-state index contributed by atoms with van der Waals surface area (Å²) >= 11 is 1.25. The Labute approximate surface area is 195 Å². The lowest BCUT2D eigenvalue weighted by Crippen LogP contribution is -2.30. The molecule has 1 atom stereocenters. The van der Waals surface area contributed by atoms with Gasteiger partial charge in [-0.1, -0.05) is 68.4 Å². The van der Waals surface area contributed by atoms with Crippen molar-refractivity contribution in [1.29, 1.82) is 0 Å². The molecule has 1 aliphatic rings. The number of benzene rings is 1. The second-order valence-electron chi connectivity index (χ2n) is 8.73. The van der Waals surface area contributed by atoms with Gasteiger partial charge in [0, 0.05) is 12.6 Å². The summed E-state index contributed by atoms with van der Waals surface area (Å²) < 4.78 is 11.4. The fourth-order valence-electron chi connectivity index (χ4n) is 3.51. The molecule has 32 heavy (non-hydrogen) atoms. The Balaban J connectivity index is 1.38. The van der Waals surface area contributed by atoms with Gasteiger partial charge in [-0.05, 0) is 37.7 Å². The molecular formula is C25H35N3O3S. The molecule has 1 saturated heterocycles. The smallest absolute Gasteiger partial charge is 0.278 e. The molecule has 7 heteroatoms. The van der Waals surface area contributed by atoms with Crippen LogP contribution in [-0.4, -0.2) is 41.7 Å². The predicted molar refractivity (Wildman–Crippen MR) is 129 cm³/mol. The van der Waals surface area contributed by atoms with E-state index in [1.807, 2.05) is 6.07 Å². The zero-order chi connectivity index (χ0) is 22.8. The fourth-order valence-corrected chi connectivity index (χ4v) is 4.17. The first-order valence-electron chi connectivity index (χ1n) is 11.5. The summed E-state index contributed by atoms with van der Waals surface area (Å²) in [7, 11) is 0. The van der Waals surface area contributed by atoms with Crippen molar-refractivity contribution in [2.45, 2.75) is 58.9 Å². The van der Waals surface area contributed by atoms with Crippen LogP contribution in [0.15, 0.2) is 48.5 Å². The summed E-state index contributed by atoms with van der Waals surface area (Å²) in [5.41, 5.74) is 1.36. The molecule has 6 nitrogen and oxygen atoms in total. The van der Waals surface area contributed by atoms with Crippen molar-refractivity contribution in [3.63, 3.8) is 0 Å². The van der Waals surface area contributed by atoms with Gasteiger partial charge in [-0.25, -0.2) is 4.98 Å². The number of unbranched alkanes of at least 4 members (excludes halogenated alkanes) is 1. The Morgan fingerprint density at radius 3 is 2.84 bits per heavy atom. The van der Waals surface area contributed by atoms with Crippen LogP contribution in [0.1, 0.15) is 61.7 Å². The number of hydrogen-bond acceptors (Lipinski definition) is 6. The van der Waals surface area contributed by atoms with Gasteiger partial charge in [-0.3, -0.25) is 9.69 Å². The fraction of sp³-hybridized carbons (Fsp3) is 0.520. The first-order valence-corrected chi connectivity index (χ1v) is 12.3. The van der Waals surface area contributed by atoms with Gasteiger partial charge in [-0.2, -0.15) is 0 Å². The summed E-state index contributed by atoms with van der Waals surface area (Å²) in [4.78, 5) is 19.3. The van der Waals surface area contributed by atoms with Crippen LogP contribution in [0.25, 0.3) is 0 Å². The molecule has 3 rings (SSSR count). The molecule has 1 unspecified atom stereocenters. The minimum atomic E-state index is -0.0925. The summed E-state index contributed by atoms with van der Waals surface area (Å²) in [6, 6.07) is 11.0. The number of ether oxygens (including phenoxy) is 2. The molecule has 0 saturated carbocycles. The molecule has 1 aliphatic heterocycles. The summed E-state index contributed by atoms with van der Waals surface area (Å²) in [5.74, 6) is 1.39. The van der Waals surface area contributed by atoms with Crippen molar-refractivity contribution in [2.75, 3.05) is 19.8 Å². The third-order valence-electron chi connectivity index (χ3n) is 5.58. The zero-order valence-corrected chi connectivity index (χ0v) is 20.2. The summed E-state index contributed by atoms with van der Waals surface area (Å²) in [5, 5.41) is 3.40. The molecule has 1 fully saturated rings. The number of carbonyl (C=O) groups is 1. The Morgan fingerprint density at radius 2 is 2.06 bits per heavy atom. The molecule has 2 aromatic rings. The number of carbonyl (C=O) groups excluding carboxylic acids is 1. The van der Waals surface area contributed by atoms with Crippen molar-refractivity contribution in [3.05, 3.63) is 59.0 Å². The second kappa shape index (κ2) is 12.6. The van der Waals surface area contributed by atoms with E-state index in [4.69, 9.17) is 9.47 Å². The number of rotatable bonds is 12. The molecule has 1 N–H and O–H groups in total. The van der Waals surface area contributed by atoms with Crippen LogP contribution >= 0.6 is 11.3 Å². The Hall–Kier alpha value is -2.38. The van der Waals surface area contributed by atoms with E-state index in [0.29, 0.717) is 41.9 Å². The Morgan fingerprint density at radius 1 is 1.25 bits per heavy atom. The highest BCUT2D eigenvalue weighted by Crippen LogP contribution is 2.23. The molecule has 0 aliphatic carbocycles. The number of nitrogens with one attached hydrogen (secondary N) is 1. The average molecular weight is 458 g/mol. The molecule has 1 aromatic heterocycles. The van der Waals surface area contributed by atoms with Crippen LogP contribution in [0.5, 0.6) is 5.19 Å². The van der Waals surface area contributed by atoms with Crippen molar-refractivity contribution < 1.29 is 14.3 Å². The topological polar surface area (TPSA) is 63.7 Å². The molecule has 0 spiro atoms. The molecular weight excluding hydrogens is 422 g/mol. The van der Waals surface area contributed by atoms with E-state index in [9.17, 15) is 4.79 Å².